The Bertz CT molecular complexity index is 1370. The molecule has 2 N–H and O–H groups in total. The highest BCUT2D eigenvalue weighted by atomic mass is 35.5. The number of anilines is 2. The van der Waals surface area contributed by atoms with Crippen LogP contribution in [0.5, 0.6) is 0 Å². The molecule has 0 aliphatic rings. The number of nitrogens with one attached hydrogen (secondary N) is 2. The predicted molar refractivity (Wildman–Crippen MR) is 129 cm³/mol. The Balaban J connectivity index is 1.29. The second-order valence-corrected chi connectivity index (χ2v) is 10.4. The maximum Gasteiger partial charge on any atom is 0.267 e. The molecule has 3 aromatic heterocycles. The first-order chi connectivity index (χ1) is 14.9. The van der Waals surface area contributed by atoms with E-state index in [9.17, 15) is 9.59 Å². The van der Waals surface area contributed by atoms with E-state index in [0.717, 1.165) is 31.8 Å². The molecule has 0 aliphatic carbocycles. The van der Waals surface area contributed by atoms with Crippen molar-refractivity contribution in [2.75, 3.05) is 10.6 Å². The molecule has 0 fully saturated rings. The van der Waals surface area contributed by atoms with E-state index in [2.05, 4.69) is 20.6 Å². The lowest BCUT2D eigenvalue weighted by Crippen LogP contribution is -2.10. The summed E-state index contributed by atoms with van der Waals surface area (Å²) in [4.78, 5) is 34.7. The normalized spacial score (nSPS) is 11.2. The number of nitrogens with zero attached hydrogens (tertiary/aromatic N) is 2. The molecule has 0 aliphatic heterocycles. The standard InChI is InChI=1S/C20H10Cl2N4O2S3/c21-9-1-3-11-15(7-9)30-19(23-11)25-17(27)13-5-6-14(29-13)18(28)26-20-24-12-4-2-10(22)8-16(12)31-20/h1-8H,(H,23,25,27)(H,24,26,28). The Morgan fingerprint density at radius 2 is 1.13 bits per heavy atom. The largest absolute Gasteiger partial charge is 0.297 e. The van der Waals surface area contributed by atoms with Crippen LogP contribution in [0.2, 0.25) is 10.0 Å². The van der Waals surface area contributed by atoms with Gasteiger partial charge in [-0.05, 0) is 48.5 Å². The van der Waals surface area contributed by atoms with Gasteiger partial charge in [-0.1, -0.05) is 45.9 Å². The van der Waals surface area contributed by atoms with Crippen LogP contribution in [0.15, 0.2) is 48.5 Å². The zero-order valence-electron chi connectivity index (χ0n) is 15.3. The summed E-state index contributed by atoms with van der Waals surface area (Å²) < 4.78 is 1.76. The number of carbonyl (C=O) groups excluding carboxylic acids is 2. The number of amides is 2. The van der Waals surface area contributed by atoms with Crippen LogP contribution in [-0.4, -0.2) is 21.8 Å². The summed E-state index contributed by atoms with van der Waals surface area (Å²) in [5.74, 6) is -0.660. The van der Waals surface area contributed by atoms with Gasteiger partial charge in [0.2, 0.25) is 0 Å². The molecule has 31 heavy (non-hydrogen) atoms. The van der Waals surface area contributed by atoms with Gasteiger partial charge < -0.3 is 0 Å². The SMILES string of the molecule is O=C(Nc1nc2ccc(Cl)cc2s1)c1ccc(C(=O)Nc2nc3ccc(Cl)cc3s2)s1. The molecule has 5 rings (SSSR count). The van der Waals surface area contributed by atoms with Crippen LogP contribution >= 0.6 is 57.2 Å². The second-order valence-electron chi connectivity index (χ2n) is 6.33. The first kappa shape index (κ1) is 20.3. The molecule has 0 spiro atoms. The Kier molecular flexibility index (Phi) is 5.37. The Labute approximate surface area is 197 Å². The number of thiazole rings is 2. The van der Waals surface area contributed by atoms with E-state index in [1.807, 2.05) is 0 Å². The van der Waals surface area contributed by atoms with Crippen molar-refractivity contribution in [3.8, 4) is 0 Å². The summed E-state index contributed by atoms with van der Waals surface area (Å²) in [7, 11) is 0. The molecule has 6 nitrogen and oxygen atoms in total. The zero-order chi connectivity index (χ0) is 21.5. The molecule has 3 heterocycles. The van der Waals surface area contributed by atoms with E-state index >= 15 is 0 Å². The van der Waals surface area contributed by atoms with E-state index in [-0.39, 0.29) is 11.8 Å². The third-order valence-electron chi connectivity index (χ3n) is 4.20. The van der Waals surface area contributed by atoms with Crippen LogP contribution in [0.1, 0.15) is 19.3 Å². The number of aromatic nitrogens is 2. The van der Waals surface area contributed by atoms with Crippen LogP contribution in [0, 0.1) is 0 Å². The number of halogens is 2. The van der Waals surface area contributed by atoms with Gasteiger partial charge in [0.25, 0.3) is 11.8 Å². The molecule has 0 unspecified atom stereocenters. The van der Waals surface area contributed by atoms with E-state index in [0.29, 0.717) is 30.1 Å². The molecule has 0 atom stereocenters. The molecule has 0 radical (unpaired) electrons. The van der Waals surface area contributed by atoms with Gasteiger partial charge >= 0.3 is 0 Å². The summed E-state index contributed by atoms with van der Waals surface area (Å²) in [5.41, 5.74) is 1.51. The minimum Gasteiger partial charge on any atom is -0.297 e. The Morgan fingerprint density at radius 1 is 0.677 bits per heavy atom. The van der Waals surface area contributed by atoms with Crippen molar-refractivity contribution in [3.05, 3.63) is 68.3 Å². The zero-order valence-corrected chi connectivity index (χ0v) is 19.3. The molecule has 2 aromatic carbocycles. The molecular weight excluding hydrogens is 495 g/mol. The van der Waals surface area contributed by atoms with Crippen molar-refractivity contribution < 1.29 is 9.59 Å². The fraction of sp³-hybridized carbons (Fsp3) is 0. The van der Waals surface area contributed by atoms with Crippen molar-refractivity contribution in [3.63, 3.8) is 0 Å². The van der Waals surface area contributed by atoms with Gasteiger partial charge in [0.1, 0.15) is 0 Å². The van der Waals surface area contributed by atoms with Crippen molar-refractivity contribution in [1.82, 2.24) is 9.97 Å². The Morgan fingerprint density at radius 3 is 1.58 bits per heavy atom. The first-order valence-electron chi connectivity index (χ1n) is 8.79. The number of thiophene rings is 1. The number of benzene rings is 2. The van der Waals surface area contributed by atoms with E-state index < -0.39 is 0 Å². The third kappa shape index (κ3) is 4.28. The van der Waals surface area contributed by atoms with Crippen LogP contribution in [-0.2, 0) is 0 Å². The lowest BCUT2D eigenvalue weighted by Gasteiger charge is -1.99. The van der Waals surface area contributed by atoms with Crippen LogP contribution < -0.4 is 10.6 Å². The number of rotatable bonds is 4. The van der Waals surface area contributed by atoms with Crippen LogP contribution in [0.25, 0.3) is 20.4 Å². The molecule has 2 amide bonds. The minimum absolute atomic E-state index is 0.330. The maximum atomic E-state index is 12.6. The van der Waals surface area contributed by atoms with Gasteiger partial charge in [0.15, 0.2) is 10.3 Å². The van der Waals surface area contributed by atoms with Crippen molar-refractivity contribution in [2.24, 2.45) is 0 Å². The molecular formula is C20H10Cl2N4O2S3. The highest BCUT2D eigenvalue weighted by Gasteiger charge is 2.17. The maximum absolute atomic E-state index is 12.6. The van der Waals surface area contributed by atoms with Gasteiger partial charge in [0, 0.05) is 10.0 Å². The highest BCUT2D eigenvalue weighted by Crippen LogP contribution is 2.30. The third-order valence-corrected chi connectivity index (χ3v) is 7.62. The van der Waals surface area contributed by atoms with Crippen molar-refractivity contribution in [1.29, 1.82) is 0 Å². The topological polar surface area (TPSA) is 84.0 Å². The van der Waals surface area contributed by atoms with Crippen LogP contribution in [0.4, 0.5) is 10.3 Å². The Hall–Kier alpha value is -2.56. The summed E-state index contributed by atoms with van der Waals surface area (Å²) in [5, 5.41) is 7.70. The van der Waals surface area contributed by atoms with Crippen LogP contribution in [0.3, 0.4) is 0 Å². The number of carbonyl (C=O) groups is 2. The molecule has 0 saturated heterocycles. The summed E-state index contributed by atoms with van der Waals surface area (Å²) in [6.07, 6.45) is 0. The average molecular weight is 505 g/mol. The molecule has 5 aromatic rings. The van der Waals surface area contributed by atoms with Gasteiger partial charge in [-0.2, -0.15) is 0 Å². The quantitative estimate of drug-likeness (QED) is 0.282. The van der Waals surface area contributed by atoms with E-state index in [1.165, 1.54) is 22.7 Å². The molecule has 154 valence electrons. The minimum atomic E-state index is -0.330. The van der Waals surface area contributed by atoms with Crippen molar-refractivity contribution >= 4 is 99.7 Å². The number of hydrogen-bond acceptors (Lipinski definition) is 7. The summed E-state index contributed by atoms with van der Waals surface area (Å²) in [6, 6.07) is 13.9. The fourth-order valence-corrected chi connectivity index (χ4v) is 5.87. The first-order valence-corrected chi connectivity index (χ1v) is 12.0. The fourth-order valence-electron chi connectivity index (χ4n) is 2.80. The smallest absolute Gasteiger partial charge is 0.267 e. The predicted octanol–water partition coefficient (Wildman–Crippen LogP) is 6.78. The number of fused-ring (bicyclic) bond motifs is 2. The molecule has 11 heteroatoms. The van der Waals surface area contributed by atoms with E-state index in [1.54, 1.807) is 48.5 Å². The lowest BCUT2D eigenvalue weighted by molar-refractivity contribution is 0.102. The van der Waals surface area contributed by atoms with Gasteiger partial charge in [-0.25, -0.2) is 9.97 Å². The molecule has 0 saturated carbocycles. The lowest BCUT2D eigenvalue weighted by atomic mass is 10.3. The van der Waals surface area contributed by atoms with Gasteiger partial charge in [0.05, 0.1) is 30.2 Å². The van der Waals surface area contributed by atoms with Crippen molar-refractivity contribution in [2.45, 2.75) is 0 Å². The average Bonchev–Trinajstić information content (AvgIpc) is 3.44. The van der Waals surface area contributed by atoms with Gasteiger partial charge in [-0.3, -0.25) is 20.2 Å². The van der Waals surface area contributed by atoms with Gasteiger partial charge in [-0.15, -0.1) is 11.3 Å². The monoisotopic (exact) mass is 504 g/mol. The second kappa shape index (κ2) is 8.18. The van der Waals surface area contributed by atoms with E-state index in [4.69, 9.17) is 23.2 Å². The summed E-state index contributed by atoms with van der Waals surface area (Å²) in [6.45, 7) is 0. The summed E-state index contributed by atoms with van der Waals surface area (Å²) >= 11 is 15.8. The number of hydrogen-bond donors (Lipinski definition) is 2. The molecule has 0 bridgehead atoms. The highest BCUT2D eigenvalue weighted by molar-refractivity contribution is 7.23.